The number of amides is 2. The predicted molar refractivity (Wildman–Crippen MR) is 93.8 cm³/mol. The highest BCUT2D eigenvalue weighted by molar-refractivity contribution is 5.92. The Hall–Kier alpha value is -2.93. The van der Waals surface area contributed by atoms with Crippen molar-refractivity contribution in [3.63, 3.8) is 0 Å². The first-order chi connectivity index (χ1) is 12.6. The van der Waals surface area contributed by atoms with Gasteiger partial charge >= 0.3 is 12.0 Å². The Labute approximate surface area is 150 Å². The molecule has 0 saturated carbocycles. The van der Waals surface area contributed by atoms with Crippen LogP contribution in [0.1, 0.15) is 15.9 Å². The number of ether oxygens (including phenoxy) is 1. The maximum atomic E-state index is 14.3. The molecule has 0 bridgehead atoms. The molecule has 1 fully saturated rings. The summed E-state index contributed by atoms with van der Waals surface area (Å²) in [5.74, 6) is -1.51. The summed E-state index contributed by atoms with van der Waals surface area (Å²) in [4.78, 5) is 26.9. The number of para-hydroxylation sites is 1. The lowest BCUT2D eigenvalue weighted by molar-refractivity contribution is 0.0547. The first-order valence-corrected chi connectivity index (χ1v) is 8.27. The van der Waals surface area contributed by atoms with E-state index in [2.05, 4.69) is 0 Å². The van der Waals surface area contributed by atoms with E-state index in [1.165, 1.54) is 23.1 Å². The monoisotopic (exact) mass is 358 g/mol. The summed E-state index contributed by atoms with van der Waals surface area (Å²) in [6.45, 7) is 1.93. The van der Waals surface area contributed by atoms with Crippen molar-refractivity contribution >= 4 is 17.7 Å². The highest BCUT2D eigenvalue weighted by atomic mass is 19.1. The molecule has 0 unspecified atom stereocenters. The zero-order chi connectivity index (χ0) is 18.5. The van der Waals surface area contributed by atoms with E-state index in [0.29, 0.717) is 31.9 Å². The standard InChI is InChI=1S/C19H19FN2O4/c20-16-3-1-2-4-17(16)22(19(25)21-9-11-26-12-10-21)13-14-5-7-15(8-6-14)18(23)24/h1-8H,9-13H2,(H,23,24). The zero-order valence-electron chi connectivity index (χ0n) is 14.1. The number of carbonyl (C=O) groups is 2. The van der Waals surface area contributed by atoms with Crippen molar-refractivity contribution in [3.8, 4) is 0 Å². The quantitative estimate of drug-likeness (QED) is 0.912. The molecule has 1 saturated heterocycles. The van der Waals surface area contributed by atoms with Gasteiger partial charge in [0.1, 0.15) is 5.82 Å². The van der Waals surface area contributed by atoms with E-state index in [-0.39, 0.29) is 23.8 Å². The largest absolute Gasteiger partial charge is 0.478 e. The molecule has 0 spiro atoms. The lowest BCUT2D eigenvalue weighted by atomic mass is 10.1. The molecule has 0 aliphatic carbocycles. The van der Waals surface area contributed by atoms with Crippen LogP contribution in [0.25, 0.3) is 0 Å². The van der Waals surface area contributed by atoms with E-state index in [9.17, 15) is 14.0 Å². The zero-order valence-corrected chi connectivity index (χ0v) is 14.1. The molecule has 0 aromatic heterocycles. The Morgan fingerprint density at radius 1 is 1.08 bits per heavy atom. The SMILES string of the molecule is O=C(O)c1ccc(CN(C(=O)N2CCOCC2)c2ccccc2F)cc1. The van der Waals surface area contributed by atoms with Crippen molar-refractivity contribution in [3.05, 3.63) is 65.5 Å². The minimum Gasteiger partial charge on any atom is -0.478 e. The number of carbonyl (C=O) groups excluding carboxylic acids is 1. The van der Waals surface area contributed by atoms with Gasteiger partial charge in [0, 0.05) is 13.1 Å². The number of hydrogen-bond donors (Lipinski definition) is 1. The van der Waals surface area contributed by atoms with Crippen molar-refractivity contribution < 1.29 is 23.8 Å². The molecule has 7 heteroatoms. The number of aromatic carboxylic acids is 1. The Bertz CT molecular complexity index is 788. The van der Waals surface area contributed by atoms with Crippen LogP contribution in [-0.2, 0) is 11.3 Å². The molecule has 1 N–H and O–H groups in total. The Kier molecular flexibility index (Phi) is 5.48. The van der Waals surface area contributed by atoms with E-state index < -0.39 is 11.8 Å². The first-order valence-electron chi connectivity index (χ1n) is 8.27. The van der Waals surface area contributed by atoms with Gasteiger partial charge in [-0.15, -0.1) is 0 Å². The number of rotatable bonds is 4. The molecule has 6 nitrogen and oxygen atoms in total. The van der Waals surface area contributed by atoms with Crippen LogP contribution in [0.5, 0.6) is 0 Å². The fraction of sp³-hybridized carbons (Fsp3) is 0.263. The lowest BCUT2D eigenvalue weighted by Gasteiger charge is -2.33. The predicted octanol–water partition coefficient (Wildman–Crippen LogP) is 2.98. The van der Waals surface area contributed by atoms with Crippen LogP contribution in [0, 0.1) is 5.82 Å². The van der Waals surface area contributed by atoms with Gasteiger partial charge in [-0.3, -0.25) is 4.90 Å². The smallest absolute Gasteiger partial charge is 0.335 e. The normalized spacial score (nSPS) is 14.1. The van der Waals surface area contributed by atoms with Gasteiger partial charge in [0.2, 0.25) is 0 Å². The summed E-state index contributed by atoms with van der Waals surface area (Å²) in [6, 6.07) is 12.0. The Balaban J connectivity index is 1.88. The van der Waals surface area contributed by atoms with Crippen LogP contribution in [0.3, 0.4) is 0 Å². The number of halogens is 1. The van der Waals surface area contributed by atoms with Crippen LogP contribution in [0.15, 0.2) is 48.5 Å². The van der Waals surface area contributed by atoms with Crippen molar-refractivity contribution in [2.24, 2.45) is 0 Å². The molecule has 3 rings (SSSR count). The molecule has 1 aliphatic rings. The lowest BCUT2D eigenvalue weighted by Crippen LogP contribution is -2.48. The van der Waals surface area contributed by atoms with Crippen LogP contribution in [-0.4, -0.2) is 48.3 Å². The fourth-order valence-corrected chi connectivity index (χ4v) is 2.79. The van der Waals surface area contributed by atoms with Gasteiger partial charge in [-0.25, -0.2) is 14.0 Å². The molecule has 136 valence electrons. The van der Waals surface area contributed by atoms with Crippen LogP contribution < -0.4 is 4.90 Å². The van der Waals surface area contributed by atoms with Crippen molar-refractivity contribution in [2.45, 2.75) is 6.54 Å². The molecule has 1 aliphatic heterocycles. The second-order valence-electron chi connectivity index (χ2n) is 5.92. The Morgan fingerprint density at radius 3 is 2.35 bits per heavy atom. The highest BCUT2D eigenvalue weighted by Crippen LogP contribution is 2.23. The molecular weight excluding hydrogens is 339 g/mol. The average molecular weight is 358 g/mol. The third kappa shape index (κ3) is 4.00. The maximum absolute atomic E-state index is 14.3. The molecule has 26 heavy (non-hydrogen) atoms. The van der Waals surface area contributed by atoms with Crippen molar-refractivity contribution in [1.29, 1.82) is 0 Å². The molecule has 0 atom stereocenters. The van der Waals surface area contributed by atoms with Gasteiger partial charge in [-0.2, -0.15) is 0 Å². The third-order valence-corrected chi connectivity index (χ3v) is 4.20. The van der Waals surface area contributed by atoms with Gasteiger partial charge in [0.15, 0.2) is 0 Å². The van der Waals surface area contributed by atoms with E-state index in [0.717, 1.165) is 0 Å². The van der Waals surface area contributed by atoms with Gasteiger partial charge < -0.3 is 14.7 Å². The van der Waals surface area contributed by atoms with E-state index >= 15 is 0 Å². The number of nitrogens with zero attached hydrogens (tertiary/aromatic N) is 2. The summed E-state index contributed by atoms with van der Waals surface area (Å²) in [5.41, 5.74) is 1.05. The Morgan fingerprint density at radius 2 is 1.73 bits per heavy atom. The van der Waals surface area contributed by atoms with Gasteiger partial charge in [-0.05, 0) is 29.8 Å². The van der Waals surface area contributed by atoms with Crippen molar-refractivity contribution in [2.75, 3.05) is 31.2 Å². The topological polar surface area (TPSA) is 70.1 Å². The van der Waals surface area contributed by atoms with Crippen LogP contribution in [0.2, 0.25) is 0 Å². The summed E-state index contributed by atoms with van der Waals surface area (Å²) >= 11 is 0. The summed E-state index contributed by atoms with van der Waals surface area (Å²) < 4.78 is 19.6. The van der Waals surface area contributed by atoms with Crippen LogP contribution >= 0.6 is 0 Å². The van der Waals surface area contributed by atoms with Gasteiger partial charge in [-0.1, -0.05) is 24.3 Å². The molecule has 2 amide bonds. The number of benzene rings is 2. The van der Waals surface area contributed by atoms with Crippen molar-refractivity contribution in [1.82, 2.24) is 4.90 Å². The third-order valence-electron chi connectivity index (χ3n) is 4.20. The summed E-state index contributed by atoms with van der Waals surface area (Å²) in [6.07, 6.45) is 0. The second-order valence-corrected chi connectivity index (χ2v) is 5.92. The number of anilines is 1. The van der Waals surface area contributed by atoms with E-state index in [1.807, 2.05) is 0 Å². The average Bonchev–Trinajstić information content (AvgIpc) is 2.67. The number of carboxylic acid groups (broad SMARTS) is 1. The van der Waals surface area contributed by atoms with Gasteiger partial charge in [0.25, 0.3) is 0 Å². The molecule has 1 heterocycles. The maximum Gasteiger partial charge on any atom is 0.335 e. The fourth-order valence-electron chi connectivity index (χ4n) is 2.79. The molecule has 2 aromatic rings. The molecule has 0 radical (unpaired) electrons. The van der Waals surface area contributed by atoms with Crippen LogP contribution in [0.4, 0.5) is 14.9 Å². The minimum atomic E-state index is -1.02. The minimum absolute atomic E-state index is 0.136. The molecule has 2 aromatic carbocycles. The second kappa shape index (κ2) is 7.97. The summed E-state index contributed by atoms with van der Waals surface area (Å²) in [5, 5.41) is 9.00. The number of morpholine rings is 1. The number of carboxylic acids is 1. The summed E-state index contributed by atoms with van der Waals surface area (Å²) in [7, 11) is 0. The highest BCUT2D eigenvalue weighted by Gasteiger charge is 2.26. The first kappa shape index (κ1) is 17.9. The van der Waals surface area contributed by atoms with Gasteiger partial charge in [0.05, 0.1) is 31.0 Å². The van der Waals surface area contributed by atoms with E-state index in [1.54, 1.807) is 35.2 Å². The number of urea groups is 1. The number of hydrogen-bond acceptors (Lipinski definition) is 3. The van der Waals surface area contributed by atoms with E-state index in [4.69, 9.17) is 9.84 Å². The molecular formula is C19H19FN2O4.